The minimum absolute atomic E-state index is 0.431. The summed E-state index contributed by atoms with van der Waals surface area (Å²) in [5.41, 5.74) is 7.41. The van der Waals surface area contributed by atoms with Crippen LogP contribution in [0.25, 0.3) is 0 Å². The predicted molar refractivity (Wildman–Crippen MR) is 80.4 cm³/mol. The molecule has 0 aliphatic heterocycles. The van der Waals surface area contributed by atoms with Crippen molar-refractivity contribution in [3.8, 4) is 0 Å². The van der Waals surface area contributed by atoms with E-state index in [1.165, 1.54) is 35.7 Å². The molecular formula is C15H23BrN2. The quantitative estimate of drug-likeness (QED) is 0.923. The van der Waals surface area contributed by atoms with E-state index in [9.17, 15) is 0 Å². The minimum atomic E-state index is 0.431. The van der Waals surface area contributed by atoms with Gasteiger partial charge in [-0.2, -0.15) is 0 Å². The van der Waals surface area contributed by atoms with Crippen LogP contribution in [0.15, 0.2) is 28.7 Å². The van der Waals surface area contributed by atoms with Gasteiger partial charge in [-0.1, -0.05) is 40.5 Å². The van der Waals surface area contributed by atoms with Crippen LogP contribution in [0.2, 0.25) is 0 Å². The highest BCUT2D eigenvalue weighted by molar-refractivity contribution is 9.10. The first-order chi connectivity index (χ1) is 8.65. The van der Waals surface area contributed by atoms with Gasteiger partial charge in [0.2, 0.25) is 0 Å². The van der Waals surface area contributed by atoms with Crippen molar-refractivity contribution in [2.75, 3.05) is 13.6 Å². The summed E-state index contributed by atoms with van der Waals surface area (Å²) in [4.78, 5) is 2.42. The Morgan fingerprint density at radius 3 is 2.83 bits per heavy atom. The van der Waals surface area contributed by atoms with Crippen molar-refractivity contribution in [1.82, 2.24) is 4.90 Å². The molecule has 100 valence electrons. The molecule has 0 heterocycles. The molecule has 2 rings (SSSR count). The number of hydrogen-bond acceptors (Lipinski definition) is 2. The van der Waals surface area contributed by atoms with Crippen LogP contribution in [0.5, 0.6) is 0 Å². The van der Waals surface area contributed by atoms with Gasteiger partial charge >= 0.3 is 0 Å². The van der Waals surface area contributed by atoms with Gasteiger partial charge in [0.25, 0.3) is 0 Å². The van der Waals surface area contributed by atoms with Gasteiger partial charge in [0.15, 0.2) is 0 Å². The number of rotatable bonds is 4. The monoisotopic (exact) mass is 310 g/mol. The molecule has 0 amide bonds. The topological polar surface area (TPSA) is 29.3 Å². The van der Waals surface area contributed by atoms with E-state index in [4.69, 9.17) is 5.73 Å². The van der Waals surface area contributed by atoms with Gasteiger partial charge in [-0.25, -0.2) is 0 Å². The van der Waals surface area contributed by atoms with Crippen LogP contribution in [0, 0.1) is 5.92 Å². The van der Waals surface area contributed by atoms with Crippen molar-refractivity contribution in [2.24, 2.45) is 11.7 Å². The molecule has 2 nitrogen and oxygen atoms in total. The van der Waals surface area contributed by atoms with Crippen LogP contribution in [0.1, 0.15) is 31.2 Å². The van der Waals surface area contributed by atoms with Crippen molar-refractivity contribution < 1.29 is 0 Å². The molecule has 1 fully saturated rings. The Balaban J connectivity index is 1.85. The average molecular weight is 311 g/mol. The predicted octanol–water partition coefficient (Wildman–Crippen LogP) is 3.40. The Bertz CT molecular complexity index is 381. The highest BCUT2D eigenvalue weighted by atomic mass is 79.9. The number of benzene rings is 1. The molecule has 2 N–H and O–H groups in total. The maximum atomic E-state index is 6.05. The summed E-state index contributed by atoms with van der Waals surface area (Å²) in [6, 6.07) is 8.89. The van der Waals surface area contributed by atoms with E-state index in [2.05, 4.69) is 52.1 Å². The number of halogens is 1. The molecule has 1 aliphatic rings. The Morgan fingerprint density at radius 1 is 1.33 bits per heavy atom. The van der Waals surface area contributed by atoms with E-state index in [1.807, 2.05) is 0 Å². The Labute approximate surface area is 119 Å². The summed E-state index contributed by atoms with van der Waals surface area (Å²) in [5, 5.41) is 0. The fraction of sp³-hybridized carbons (Fsp3) is 0.600. The SMILES string of the molecule is CN(Cc1ccccc1Br)CC1CCCC(N)C1. The smallest absolute Gasteiger partial charge is 0.0242 e. The van der Waals surface area contributed by atoms with Crippen molar-refractivity contribution in [2.45, 2.75) is 38.3 Å². The van der Waals surface area contributed by atoms with Gasteiger partial charge in [0.1, 0.15) is 0 Å². The molecule has 2 atom stereocenters. The van der Waals surface area contributed by atoms with Crippen LogP contribution in [0.4, 0.5) is 0 Å². The lowest BCUT2D eigenvalue weighted by Gasteiger charge is -2.30. The van der Waals surface area contributed by atoms with E-state index >= 15 is 0 Å². The zero-order chi connectivity index (χ0) is 13.0. The molecule has 0 bridgehead atoms. The van der Waals surface area contributed by atoms with Gasteiger partial charge in [-0.05, 0) is 43.9 Å². The van der Waals surface area contributed by atoms with Crippen molar-refractivity contribution in [1.29, 1.82) is 0 Å². The zero-order valence-corrected chi connectivity index (χ0v) is 12.7. The van der Waals surface area contributed by atoms with Crippen molar-refractivity contribution >= 4 is 15.9 Å². The molecule has 3 heteroatoms. The second-order valence-electron chi connectivity index (χ2n) is 5.58. The zero-order valence-electron chi connectivity index (χ0n) is 11.1. The van der Waals surface area contributed by atoms with Crippen LogP contribution < -0.4 is 5.73 Å². The standard InChI is InChI=1S/C15H23BrN2/c1-18(10-12-5-4-7-14(17)9-12)11-13-6-2-3-8-15(13)16/h2-3,6,8,12,14H,4-5,7,9-11,17H2,1H3. The highest BCUT2D eigenvalue weighted by Gasteiger charge is 2.20. The molecular weight excluding hydrogens is 288 g/mol. The maximum Gasteiger partial charge on any atom is 0.0242 e. The molecule has 0 radical (unpaired) electrons. The largest absolute Gasteiger partial charge is 0.328 e. The lowest BCUT2D eigenvalue weighted by Crippen LogP contribution is -2.34. The number of nitrogens with two attached hydrogens (primary N) is 1. The van der Waals surface area contributed by atoms with E-state index < -0.39 is 0 Å². The fourth-order valence-corrected chi connectivity index (χ4v) is 3.33. The molecule has 0 saturated heterocycles. The maximum absolute atomic E-state index is 6.05. The normalized spacial score (nSPS) is 24.4. The first kappa shape index (κ1) is 14.0. The minimum Gasteiger partial charge on any atom is -0.328 e. The fourth-order valence-electron chi connectivity index (χ4n) is 2.92. The van der Waals surface area contributed by atoms with E-state index in [0.717, 1.165) is 19.0 Å². The average Bonchev–Trinajstić information content (AvgIpc) is 2.32. The van der Waals surface area contributed by atoms with Gasteiger partial charge in [0.05, 0.1) is 0 Å². The molecule has 1 aromatic rings. The van der Waals surface area contributed by atoms with Gasteiger partial charge in [-0.3, -0.25) is 0 Å². The second kappa shape index (κ2) is 6.69. The van der Waals surface area contributed by atoms with E-state index in [-0.39, 0.29) is 0 Å². The third-order valence-corrected chi connectivity index (χ3v) is 4.56. The van der Waals surface area contributed by atoms with E-state index in [1.54, 1.807) is 0 Å². The summed E-state index contributed by atoms with van der Waals surface area (Å²) in [6.07, 6.45) is 5.05. The number of nitrogens with zero attached hydrogens (tertiary/aromatic N) is 1. The second-order valence-corrected chi connectivity index (χ2v) is 6.44. The van der Waals surface area contributed by atoms with Gasteiger partial charge < -0.3 is 10.6 Å². The molecule has 1 aliphatic carbocycles. The molecule has 0 spiro atoms. The van der Waals surface area contributed by atoms with Crippen LogP contribution in [0.3, 0.4) is 0 Å². The highest BCUT2D eigenvalue weighted by Crippen LogP contribution is 2.24. The van der Waals surface area contributed by atoms with Crippen molar-refractivity contribution in [3.05, 3.63) is 34.3 Å². The first-order valence-corrected chi connectivity index (χ1v) is 7.62. The molecule has 18 heavy (non-hydrogen) atoms. The van der Waals surface area contributed by atoms with Gasteiger partial charge in [-0.15, -0.1) is 0 Å². The molecule has 1 aromatic carbocycles. The van der Waals surface area contributed by atoms with Crippen molar-refractivity contribution in [3.63, 3.8) is 0 Å². The van der Waals surface area contributed by atoms with Crippen LogP contribution in [-0.4, -0.2) is 24.5 Å². The Kier molecular flexibility index (Phi) is 5.22. The lowest BCUT2D eigenvalue weighted by atomic mass is 9.86. The molecule has 2 unspecified atom stereocenters. The summed E-state index contributed by atoms with van der Waals surface area (Å²) in [5.74, 6) is 0.779. The third-order valence-electron chi connectivity index (χ3n) is 3.79. The first-order valence-electron chi connectivity index (χ1n) is 6.82. The summed E-state index contributed by atoms with van der Waals surface area (Å²) in [6.45, 7) is 2.17. The summed E-state index contributed by atoms with van der Waals surface area (Å²) in [7, 11) is 2.21. The van der Waals surface area contributed by atoms with Crippen LogP contribution >= 0.6 is 15.9 Å². The Hall–Kier alpha value is -0.380. The number of hydrogen-bond donors (Lipinski definition) is 1. The summed E-state index contributed by atoms with van der Waals surface area (Å²) < 4.78 is 1.21. The molecule has 0 aromatic heterocycles. The lowest BCUT2D eigenvalue weighted by molar-refractivity contribution is 0.216. The van der Waals surface area contributed by atoms with Gasteiger partial charge in [0, 0.05) is 23.6 Å². The Morgan fingerprint density at radius 2 is 2.11 bits per heavy atom. The molecule has 1 saturated carbocycles. The van der Waals surface area contributed by atoms with E-state index in [0.29, 0.717) is 6.04 Å². The third kappa shape index (κ3) is 4.08. The van der Waals surface area contributed by atoms with Crippen LogP contribution in [-0.2, 0) is 6.54 Å². The summed E-state index contributed by atoms with van der Waals surface area (Å²) >= 11 is 3.61.